The number of fused-ring (bicyclic) bond motifs is 1. The van der Waals surface area contributed by atoms with Gasteiger partial charge in [-0.3, -0.25) is 14.6 Å². The molecule has 0 aromatic heterocycles. The van der Waals surface area contributed by atoms with Crippen LogP contribution in [0.15, 0.2) is 40.5 Å². The molecule has 1 aromatic rings. The number of ether oxygens (including phenoxy) is 2. The average Bonchev–Trinajstić information content (AvgIpc) is 2.60. The summed E-state index contributed by atoms with van der Waals surface area (Å²) in [6, 6.07) is 6.94. The predicted octanol–water partition coefficient (Wildman–Crippen LogP) is 3.74. The number of nitrogens with zero attached hydrogens (tertiary/aromatic N) is 1. The second-order valence-electron chi connectivity index (χ2n) is 7.49. The lowest BCUT2D eigenvalue weighted by Gasteiger charge is -2.35. The standard InChI is InChI=1S/C22H25NO5/c1-12(2)27-22(26)19-13(3)23-17-6-5-7-18(25)21(17)20(19)15-8-10-16(11-9-15)28-14(4)24/h8-12,20-21H,5-7H2,1-4H3. The second kappa shape index (κ2) is 8.09. The van der Waals surface area contributed by atoms with Crippen LogP contribution in [0, 0.1) is 5.92 Å². The number of ketones is 1. The minimum Gasteiger partial charge on any atom is -0.460 e. The van der Waals surface area contributed by atoms with Gasteiger partial charge in [0, 0.05) is 30.7 Å². The smallest absolute Gasteiger partial charge is 0.336 e. The lowest BCUT2D eigenvalue weighted by atomic mass is 9.69. The Hall–Kier alpha value is -2.76. The van der Waals surface area contributed by atoms with E-state index in [1.165, 1.54) is 6.92 Å². The first-order chi connectivity index (χ1) is 13.3. The summed E-state index contributed by atoms with van der Waals surface area (Å²) in [6.07, 6.45) is 1.75. The van der Waals surface area contributed by atoms with Gasteiger partial charge < -0.3 is 9.47 Å². The first-order valence-corrected chi connectivity index (χ1v) is 9.58. The van der Waals surface area contributed by atoms with Crippen LogP contribution in [-0.2, 0) is 19.1 Å². The van der Waals surface area contributed by atoms with Crippen LogP contribution in [0.3, 0.4) is 0 Å². The lowest BCUT2D eigenvalue weighted by molar-refractivity contribution is -0.143. The van der Waals surface area contributed by atoms with Crippen molar-refractivity contribution < 1.29 is 23.9 Å². The zero-order valence-corrected chi connectivity index (χ0v) is 16.7. The van der Waals surface area contributed by atoms with E-state index in [0.29, 0.717) is 23.4 Å². The van der Waals surface area contributed by atoms with Crippen molar-refractivity contribution in [1.29, 1.82) is 0 Å². The Balaban J connectivity index is 2.06. The van der Waals surface area contributed by atoms with E-state index < -0.39 is 23.8 Å². The highest BCUT2D eigenvalue weighted by Crippen LogP contribution is 2.43. The van der Waals surface area contributed by atoms with Crippen LogP contribution in [0.4, 0.5) is 0 Å². The Bertz CT molecular complexity index is 863. The molecule has 1 fully saturated rings. The Morgan fingerprint density at radius 2 is 1.79 bits per heavy atom. The van der Waals surface area contributed by atoms with Crippen molar-refractivity contribution >= 4 is 23.4 Å². The largest absolute Gasteiger partial charge is 0.460 e. The number of allylic oxidation sites excluding steroid dienone is 1. The molecule has 1 aromatic carbocycles. The van der Waals surface area contributed by atoms with Gasteiger partial charge in [0.05, 0.1) is 17.6 Å². The van der Waals surface area contributed by atoms with Crippen LogP contribution >= 0.6 is 0 Å². The minimum absolute atomic E-state index is 0.0985. The number of esters is 2. The number of hydrogen-bond donors (Lipinski definition) is 0. The zero-order valence-electron chi connectivity index (χ0n) is 16.7. The van der Waals surface area contributed by atoms with Gasteiger partial charge >= 0.3 is 11.9 Å². The van der Waals surface area contributed by atoms with Gasteiger partial charge in [-0.25, -0.2) is 4.79 Å². The highest BCUT2D eigenvalue weighted by atomic mass is 16.5. The summed E-state index contributed by atoms with van der Waals surface area (Å²) in [4.78, 5) is 41.4. The molecule has 1 aliphatic heterocycles. The van der Waals surface area contributed by atoms with Gasteiger partial charge in [-0.2, -0.15) is 0 Å². The van der Waals surface area contributed by atoms with Crippen LogP contribution in [0.1, 0.15) is 58.4 Å². The van der Waals surface area contributed by atoms with Crippen LogP contribution in [0.25, 0.3) is 0 Å². The zero-order chi connectivity index (χ0) is 20.4. The number of carbonyl (C=O) groups is 3. The number of Topliss-reactive ketones (excluding diaryl/α,β-unsaturated/α-hetero) is 1. The van der Waals surface area contributed by atoms with E-state index in [0.717, 1.165) is 24.1 Å². The number of carbonyl (C=O) groups excluding carboxylic acids is 3. The Labute approximate surface area is 164 Å². The van der Waals surface area contributed by atoms with E-state index in [1.807, 2.05) is 0 Å². The fourth-order valence-electron chi connectivity index (χ4n) is 3.93. The molecule has 6 nitrogen and oxygen atoms in total. The monoisotopic (exact) mass is 383 g/mol. The average molecular weight is 383 g/mol. The molecule has 2 atom stereocenters. The van der Waals surface area contributed by atoms with Crippen LogP contribution < -0.4 is 4.74 Å². The van der Waals surface area contributed by atoms with E-state index in [2.05, 4.69) is 4.99 Å². The molecule has 148 valence electrons. The van der Waals surface area contributed by atoms with Crippen LogP contribution in [0.2, 0.25) is 0 Å². The summed E-state index contributed by atoms with van der Waals surface area (Å²) in [5, 5.41) is 0. The normalized spacial score (nSPS) is 21.9. The number of aliphatic imine (C=N–C) groups is 1. The molecule has 2 aliphatic rings. The van der Waals surface area contributed by atoms with Gasteiger partial charge in [-0.15, -0.1) is 0 Å². The Kier molecular flexibility index (Phi) is 5.77. The number of benzene rings is 1. The molecule has 1 saturated carbocycles. The van der Waals surface area contributed by atoms with E-state index in [1.54, 1.807) is 45.0 Å². The quantitative estimate of drug-likeness (QED) is 0.584. The number of hydrogen-bond acceptors (Lipinski definition) is 6. The molecular weight excluding hydrogens is 358 g/mol. The molecular formula is C22H25NO5. The number of rotatable bonds is 4. The van der Waals surface area contributed by atoms with Gasteiger partial charge in [0.25, 0.3) is 0 Å². The van der Waals surface area contributed by atoms with Gasteiger partial charge in [0.1, 0.15) is 11.5 Å². The summed E-state index contributed by atoms with van der Waals surface area (Å²) in [5.74, 6) is -1.23. The van der Waals surface area contributed by atoms with Crippen molar-refractivity contribution in [1.82, 2.24) is 0 Å². The van der Waals surface area contributed by atoms with Crippen molar-refractivity contribution in [2.45, 2.75) is 59.0 Å². The molecule has 3 rings (SSSR count). The van der Waals surface area contributed by atoms with Gasteiger partial charge in [0.2, 0.25) is 0 Å². The third kappa shape index (κ3) is 4.06. The van der Waals surface area contributed by atoms with Crippen LogP contribution in [0.5, 0.6) is 5.75 Å². The van der Waals surface area contributed by atoms with E-state index in [9.17, 15) is 14.4 Å². The molecule has 6 heteroatoms. The SMILES string of the molecule is CC(=O)Oc1ccc(C2C(C(=O)OC(C)C)=C(C)N=C3CCCC(=O)C32)cc1. The summed E-state index contributed by atoms with van der Waals surface area (Å²) >= 11 is 0. The molecule has 0 N–H and O–H groups in total. The van der Waals surface area contributed by atoms with Crippen molar-refractivity contribution in [3.05, 3.63) is 41.1 Å². The molecule has 2 unspecified atom stereocenters. The fraction of sp³-hybridized carbons (Fsp3) is 0.455. The second-order valence-corrected chi connectivity index (χ2v) is 7.49. The molecule has 28 heavy (non-hydrogen) atoms. The van der Waals surface area contributed by atoms with E-state index in [-0.39, 0.29) is 11.9 Å². The van der Waals surface area contributed by atoms with Crippen molar-refractivity contribution in [3.63, 3.8) is 0 Å². The van der Waals surface area contributed by atoms with Gasteiger partial charge in [0.15, 0.2) is 0 Å². The molecule has 0 amide bonds. The maximum absolute atomic E-state index is 12.9. The fourth-order valence-corrected chi connectivity index (χ4v) is 3.93. The Morgan fingerprint density at radius 1 is 1.11 bits per heavy atom. The third-order valence-corrected chi connectivity index (χ3v) is 4.97. The topological polar surface area (TPSA) is 82.0 Å². The van der Waals surface area contributed by atoms with E-state index in [4.69, 9.17) is 9.47 Å². The maximum Gasteiger partial charge on any atom is 0.336 e. The molecule has 0 radical (unpaired) electrons. The third-order valence-electron chi connectivity index (χ3n) is 4.97. The minimum atomic E-state index is -0.452. The van der Waals surface area contributed by atoms with Gasteiger partial charge in [-0.05, 0) is 51.3 Å². The summed E-state index contributed by atoms with van der Waals surface area (Å²) in [7, 11) is 0. The lowest BCUT2D eigenvalue weighted by Crippen LogP contribution is -2.39. The molecule has 0 saturated heterocycles. The van der Waals surface area contributed by atoms with Crippen molar-refractivity contribution in [2.24, 2.45) is 10.9 Å². The first-order valence-electron chi connectivity index (χ1n) is 9.58. The maximum atomic E-state index is 12.9. The summed E-state index contributed by atoms with van der Waals surface area (Å²) < 4.78 is 10.6. The van der Waals surface area contributed by atoms with Gasteiger partial charge in [-0.1, -0.05) is 12.1 Å². The highest BCUT2D eigenvalue weighted by Gasteiger charge is 2.43. The summed E-state index contributed by atoms with van der Waals surface area (Å²) in [6.45, 7) is 6.71. The molecule has 1 aliphatic carbocycles. The van der Waals surface area contributed by atoms with Crippen LogP contribution in [-0.4, -0.2) is 29.5 Å². The molecule has 0 bridgehead atoms. The van der Waals surface area contributed by atoms with Crippen molar-refractivity contribution in [2.75, 3.05) is 0 Å². The van der Waals surface area contributed by atoms with Crippen molar-refractivity contribution in [3.8, 4) is 5.75 Å². The predicted molar refractivity (Wildman–Crippen MR) is 104 cm³/mol. The highest BCUT2D eigenvalue weighted by molar-refractivity contribution is 6.11. The first kappa shape index (κ1) is 20.0. The van der Waals surface area contributed by atoms with E-state index >= 15 is 0 Å². The molecule has 1 heterocycles. The Morgan fingerprint density at radius 3 is 2.39 bits per heavy atom. The summed E-state index contributed by atoms with van der Waals surface area (Å²) in [5.41, 5.74) is 2.67. The molecule has 0 spiro atoms.